The lowest BCUT2D eigenvalue weighted by atomic mass is 9.47. The number of carbonyl (C=O) groups is 6. The second-order valence-electron chi connectivity index (χ2n) is 18.6. The van der Waals surface area contributed by atoms with Gasteiger partial charge in [-0.2, -0.15) is 0 Å². The van der Waals surface area contributed by atoms with Gasteiger partial charge in [-0.25, -0.2) is 0 Å². The maximum absolute atomic E-state index is 14.0. The molecule has 2 heterocycles. The van der Waals surface area contributed by atoms with Crippen LogP contribution < -0.4 is 38.5 Å². The molecule has 2 aromatic rings. The van der Waals surface area contributed by atoms with Gasteiger partial charge < -0.3 is 57.8 Å². The number of nitrogens with zero attached hydrogens (tertiary/aromatic N) is 1. The minimum Gasteiger partial charge on any atom is -0.404 e. The summed E-state index contributed by atoms with van der Waals surface area (Å²) in [4.78, 5) is 81.9. The van der Waals surface area contributed by atoms with Crippen LogP contribution in [0.25, 0.3) is 11.1 Å². The number of rotatable bonds is 21. The van der Waals surface area contributed by atoms with Gasteiger partial charge in [-0.15, -0.1) is 0 Å². The van der Waals surface area contributed by atoms with E-state index in [0.29, 0.717) is 56.2 Å². The Balaban J connectivity index is 1.05. The summed E-state index contributed by atoms with van der Waals surface area (Å²) in [7, 11) is -0.653. The molecule has 5 aliphatic rings. The predicted molar refractivity (Wildman–Crippen MR) is 240 cm³/mol. The van der Waals surface area contributed by atoms with Crippen LogP contribution in [0, 0.1) is 17.3 Å². The van der Waals surface area contributed by atoms with E-state index in [1.165, 1.54) is 12.5 Å². The summed E-state index contributed by atoms with van der Waals surface area (Å²) >= 11 is 0. The highest BCUT2D eigenvalue weighted by molar-refractivity contribution is 6.47. The Morgan fingerprint density at radius 1 is 0.875 bits per heavy atom. The van der Waals surface area contributed by atoms with Gasteiger partial charge in [0.2, 0.25) is 23.6 Å². The fraction of sp³-hybridized carbons (Fsp3) is 0.609. The second kappa shape index (κ2) is 21.4. The number of hydrogen-bond acceptors (Lipinski definition) is 11. The van der Waals surface area contributed by atoms with E-state index in [-0.39, 0.29) is 24.0 Å². The number of aryl methyl sites for hydroxylation is 1. The van der Waals surface area contributed by atoms with Crippen molar-refractivity contribution in [1.29, 1.82) is 0 Å². The van der Waals surface area contributed by atoms with E-state index in [9.17, 15) is 33.9 Å². The first-order valence-corrected chi connectivity index (χ1v) is 23.0. The first kappa shape index (κ1) is 48.6. The molecule has 348 valence electrons. The van der Waals surface area contributed by atoms with Crippen LogP contribution in [0.15, 0.2) is 48.5 Å². The van der Waals surface area contributed by atoms with E-state index in [1.54, 1.807) is 17.0 Å². The van der Waals surface area contributed by atoms with E-state index >= 15 is 0 Å². The summed E-state index contributed by atoms with van der Waals surface area (Å²) in [5.74, 6) is -4.23. The first-order chi connectivity index (χ1) is 30.5. The fourth-order valence-corrected chi connectivity index (χ4v) is 9.79. The monoisotopic (exact) mass is 887 g/mol. The van der Waals surface area contributed by atoms with Crippen LogP contribution in [0.2, 0.25) is 0 Å². The Bertz CT molecular complexity index is 1990. The molecule has 17 nitrogen and oxygen atoms in total. The van der Waals surface area contributed by atoms with Crippen LogP contribution >= 0.6 is 0 Å². The number of likely N-dealkylation sites (tertiary alicyclic amines) is 1. The number of nitrogens with two attached hydrogens (primary N) is 3. The highest BCUT2D eigenvalue weighted by Crippen LogP contribution is 2.61. The van der Waals surface area contributed by atoms with Crippen molar-refractivity contribution in [3.05, 3.63) is 59.7 Å². The molecular formula is C46H67BN8O9. The van der Waals surface area contributed by atoms with E-state index in [0.717, 1.165) is 43.2 Å². The summed E-state index contributed by atoms with van der Waals surface area (Å²) in [5.41, 5.74) is 21.0. The lowest BCUT2D eigenvalue weighted by Crippen LogP contribution is -2.63. The summed E-state index contributed by atoms with van der Waals surface area (Å²) in [5, 5.41) is 20.6. The van der Waals surface area contributed by atoms with Crippen LogP contribution in [-0.2, 0) is 39.7 Å². The number of primary amides is 1. The third kappa shape index (κ3) is 11.3. The number of aliphatic hydroxyl groups excluding tert-OH is 1. The summed E-state index contributed by atoms with van der Waals surface area (Å²) in [6.07, 6.45) is 3.83. The standard InChI is InChI=1S/C46H67BN8O9/c1-5-6-10-27-13-15-28(16-14-27)29-17-19-30(20-18-29)41(58)51-33(11-7-8-21-48)42(59)53-38(26(2)56)43(60)54-40(50)44(61)52-34(25-37(49)57)45(62)55-22-9-12-36(55)47-63-35-24-31-23-32(39(35)64-47)46(31,3)4/h13-20,26,31-36,38-40,56H,5-12,21-25,48,50H2,1-4H3,(H2,49,57)(H,51,58)(H,52,61)(H,53,59)(H,54,60)/t26-,31+,32-,33+,34+,35?,36+,38+,39?,40-/m1/s1. The summed E-state index contributed by atoms with van der Waals surface area (Å²) in [6.45, 7) is 8.64. The Kier molecular flexibility index (Phi) is 16.3. The number of unbranched alkanes of at least 4 members (excludes halogenated alkanes) is 2. The topological polar surface area (TPSA) is 271 Å². The zero-order valence-electron chi connectivity index (χ0n) is 37.6. The van der Waals surface area contributed by atoms with Crippen LogP contribution in [0.1, 0.15) is 108 Å². The normalized spacial score (nSPS) is 24.3. The minimum absolute atomic E-state index is 0.0503. The van der Waals surface area contributed by atoms with Crippen molar-refractivity contribution in [2.45, 2.75) is 147 Å². The molecule has 3 saturated carbocycles. The van der Waals surface area contributed by atoms with Crippen molar-refractivity contribution in [2.75, 3.05) is 13.1 Å². The minimum atomic E-state index is -1.77. The first-order valence-electron chi connectivity index (χ1n) is 23.0. The number of hydrogen-bond donors (Lipinski definition) is 8. The van der Waals surface area contributed by atoms with E-state index in [4.69, 9.17) is 26.5 Å². The third-order valence-electron chi connectivity index (χ3n) is 13.8. The van der Waals surface area contributed by atoms with Gasteiger partial charge in [-0.05, 0) is 117 Å². The number of carbonyl (C=O) groups excluding carboxylic acids is 6. The van der Waals surface area contributed by atoms with Gasteiger partial charge in [0.1, 0.15) is 18.1 Å². The number of nitrogens with one attached hydrogen (secondary N) is 4. The molecule has 3 aliphatic carbocycles. The molecule has 7 rings (SSSR count). The van der Waals surface area contributed by atoms with Gasteiger partial charge >= 0.3 is 7.12 Å². The third-order valence-corrected chi connectivity index (χ3v) is 13.8. The van der Waals surface area contributed by atoms with Crippen molar-refractivity contribution in [2.24, 2.45) is 34.5 Å². The summed E-state index contributed by atoms with van der Waals surface area (Å²) in [6, 6.07) is 11.2. The number of benzene rings is 2. The van der Waals surface area contributed by atoms with Crippen molar-refractivity contribution >= 4 is 42.6 Å². The predicted octanol–water partition coefficient (Wildman–Crippen LogP) is 1.42. The zero-order chi connectivity index (χ0) is 46.3. The molecule has 6 amide bonds. The van der Waals surface area contributed by atoms with Crippen LogP contribution in [0.5, 0.6) is 0 Å². The SMILES string of the molecule is CCCCc1ccc(-c2ccc(C(=O)N[C@@H](CCCCN)C(=O)N[C@H](C(=O)N[C@@H](N)C(=O)N[C@@H](CC(N)=O)C(=O)N3CCC[C@H]3B3OC4C[C@@H]5C[C@H](C4O3)C5(C)C)[C@@H](C)O)cc2)cc1. The Morgan fingerprint density at radius 3 is 2.19 bits per heavy atom. The molecule has 2 aliphatic heterocycles. The van der Waals surface area contributed by atoms with Gasteiger partial charge in [0.25, 0.3) is 11.8 Å². The van der Waals surface area contributed by atoms with E-state index in [2.05, 4.69) is 54.2 Å². The molecule has 2 bridgehead atoms. The van der Waals surface area contributed by atoms with Gasteiger partial charge in [0.05, 0.1) is 30.7 Å². The van der Waals surface area contributed by atoms with Crippen LogP contribution in [-0.4, -0.2) is 114 Å². The smallest absolute Gasteiger partial charge is 0.404 e. The quantitative estimate of drug-likeness (QED) is 0.0505. The number of aliphatic hydroxyl groups is 1. The van der Waals surface area contributed by atoms with Crippen LogP contribution in [0.4, 0.5) is 0 Å². The van der Waals surface area contributed by atoms with Crippen molar-refractivity contribution in [3.8, 4) is 11.1 Å². The lowest BCUT2D eigenvalue weighted by molar-refractivity contribution is -0.150. The summed E-state index contributed by atoms with van der Waals surface area (Å²) < 4.78 is 12.9. The van der Waals surface area contributed by atoms with Crippen molar-refractivity contribution in [1.82, 2.24) is 26.2 Å². The lowest BCUT2D eigenvalue weighted by Gasteiger charge is -2.60. The largest absolute Gasteiger partial charge is 0.481 e. The molecule has 0 aromatic heterocycles. The molecule has 0 radical (unpaired) electrons. The maximum Gasteiger partial charge on any atom is 0.481 e. The zero-order valence-corrected chi connectivity index (χ0v) is 37.6. The molecule has 2 unspecified atom stereocenters. The maximum atomic E-state index is 14.0. The van der Waals surface area contributed by atoms with Crippen molar-refractivity contribution in [3.63, 3.8) is 0 Å². The molecule has 5 fully saturated rings. The Hall–Kier alpha value is -4.88. The van der Waals surface area contributed by atoms with Crippen LogP contribution in [0.3, 0.4) is 0 Å². The second-order valence-corrected chi connectivity index (χ2v) is 18.6. The molecule has 11 N–H and O–H groups in total. The van der Waals surface area contributed by atoms with Gasteiger partial charge in [0, 0.05) is 12.1 Å². The average Bonchev–Trinajstić information content (AvgIpc) is 3.94. The number of amides is 6. The molecule has 2 aromatic carbocycles. The Labute approximate surface area is 376 Å². The molecular weight excluding hydrogens is 819 g/mol. The molecule has 2 saturated heterocycles. The average molecular weight is 887 g/mol. The highest BCUT2D eigenvalue weighted by Gasteiger charge is 2.63. The van der Waals surface area contributed by atoms with Crippen molar-refractivity contribution < 1.29 is 43.2 Å². The van der Waals surface area contributed by atoms with Gasteiger partial charge in [-0.3, -0.25) is 28.8 Å². The van der Waals surface area contributed by atoms with Gasteiger partial charge in [0.15, 0.2) is 6.17 Å². The van der Waals surface area contributed by atoms with Gasteiger partial charge in [-0.1, -0.05) is 63.6 Å². The molecule has 64 heavy (non-hydrogen) atoms. The highest BCUT2D eigenvalue weighted by atomic mass is 16.7. The van der Waals surface area contributed by atoms with E-state index in [1.807, 2.05) is 24.3 Å². The molecule has 10 atom stereocenters. The fourth-order valence-electron chi connectivity index (χ4n) is 9.79. The Morgan fingerprint density at radius 2 is 1.56 bits per heavy atom. The van der Waals surface area contributed by atoms with E-state index < -0.39 is 85.3 Å². The molecule has 18 heteroatoms. The molecule has 0 spiro atoms.